The molecule has 1 aromatic rings. The van der Waals surface area contributed by atoms with E-state index in [0.29, 0.717) is 14.8 Å². The van der Waals surface area contributed by atoms with Gasteiger partial charge in [-0.25, -0.2) is 0 Å². The van der Waals surface area contributed by atoms with Crippen LogP contribution in [0.3, 0.4) is 0 Å². The van der Waals surface area contributed by atoms with Crippen LogP contribution in [0.5, 0.6) is 0 Å². The molecule has 6 heteroatoms. The van der Waals surface area contributed by atoms with Gasteiger partial charge in [-0.05, 0) is 18.4 Å². The average molecular weight is 302 g/mol. The second-order valence-electron chi connectivity index (χ2n) is 4.92. The Morgan fingerprint density at radius 3 is 2.90 bits per heavy atom. The molecule has 4 rings (SSSR count). The lowest BCUT2D eigenvalue weighted by molar-refractivity contribution is -0.116. The third kappa shape index (κ3) is 1.52. The van der Waals surface area contributed by atoms with E-state index in [1.54, 1.807) is 4.90 Å². The van der Waals surface area contributed by atoms with Crippen molar-refractivity contribution in [3.8, 4) is 0 Å². The van der Waals surface area contributed by atoms with Crippen molar-refractivity contribution in [3.05, 3.63) is 34.2 Å². The van der Waals surface area contributed by atoms with Crippen LogP contribution in [-0.2, 0) is 16.0 Å². The third-order valence-electron chi connectivity index (χ3n) is 3.79. The van der Waals surface area contributed by atoms with Crippen molar-refractivity contribution < 1.29 is 9.59 Å². The summed E-state index contributed by atoms with van der Waals surface area (Å²) in [4.78, 5) is 26.9. The number of rotatable bonds is 0. The molecular formula is C14H10N2O2S2. The largest absolute Gasteiger partial charge is 0.307 e. The van der Waals surface area contributed by atoms with Gasteiger partial charge in [0.05, 0.1) is 16.2 Å². The van der Waals surface area contributed by atoms with Crippen LogP contribution in [0.1, 0.15) is 17.5 Å². The summed E-state index contributed by atoms with van der Waals surface area (Å²) in [6.45, 7) is 0.719. The molecule has 100 valence electrons. The number of nitrogens with zero attached hydrogens (tertiary/aromatic N) is 1. The fourth-order valence-electron chi connectivity index (χ4n) is 3.00. The minimum atomic E-state index is -0.263. The molecule has 2 amide bonds. The lowest BCUT2D eigenvalue weighted by Gasteiger charge is -2.24. The zero-order chi connectivity index (χ0) is 13.9. The minimum absolute atomic E-state index is 0.0745. The summed E-state index contributed by atoms with van der Waals surface area (Å²) in [5.41, 5.74) is 3.54. The molecule has 0 radical (unpaired) electrons. The Labute approximate surface area is 125 Å². The molecule has 0 bridgehead atoms. The lowest BCUT2D eigenvalue weighted by atomic mass is 9.98. The first-order valence-electron chi connectivity index (χ1n) is 6.38. The van der Waals surface area contributed by atoms with Crippen molar-refractivity contribution >= 4 is 51.4 Å². The number of aryl methyl sites for hydroxylation is 1. The van der Waals surface area contributed by atoms with Gasteiger partial charge in [0.1, 0.15) is 4.32 Å². The number of benzene rings is 1. The molecule has 0 aromatic heterocycles. The van der Waals surface area contributed by atoms with Gasteiger partial charge in [-0.1, -0.05) is 42.2 Å². The molecule has 1 saturated heterocycles. The number of carbonyl (C=O) groups is 2. The number of para-hydroxylation sites is 1. The van der Waals surface area contributed by atoms with E-state index in [4.69, 9.17) is 12.2 Å². The first-order valence-corrected chi connectivity index (χ1v) is 7.61. The van der Waals surface area contributed by atoms with E-state index in [2.05, 4.69) is 11.4 Å². The Morgan fingerprint density at radius 2 is 2.15 bits per heavy atom. The molecule has 4 nitrogen and oxygen atoms in total. The summed E-state index contributed by atoms with van der Waals surface area (Å²) in [5, 5.41) is 2.59. The van der Waals surface area contributed by atoms with Gasteiger partial charge in [0.2, 0.25) is 0 Å². The minimum Gasteiger partial charge on any atom is -0.307 e. The van der Waals surface area contributed by atoms with Gasteiger partial charge in [0.25, 0.3) is 11.8 Å². The van der Waals surface area contributed by atoms with Crippen molar-refractivity contribution in [2.45, 2.75) is 12.8 Å². The van der Waals surface area contributed by atoms with Gasteiger partial charge < -0.3 is 10.2 Å². The third-order valence-corrected chi connectivity index (χ3v) is 5.02. The van der Waals surface area contributed by atoms with E-state index in [1.807, 2.05) is 12.1 Å². The van der Waals surface area contributed by atoms with Gasteiger partial charge in [0, 0.05) is 12.1 Å². The summed E-state index contributed by atoms with van der Waals surface area (Å²) in [6.07, 6.45) is 1.94. The van der Waals surface area contributed by atoms with Crippen molar-refractivity contribution in [3.63, 3.8) is 0 Å². The van der Waals surface area contributed by atoms with Crippen LogP contribution in [0.2, 0.25) is 0 Å². The number of amides is 2. The van der Waals surface area contributed by atoms with E-state index < -0.39 is 0 Å². The molecule has 3 aliphatic rings. The highest BCUT2D eigenvalue weighted by atomic mass is 32.2. The average Bonchev–Trinajstić information content (AvgIpc) is 2.90. The van der Waals surface area contributed by atoms with Crippen LogP contribution in [0, 0.1) is 0 Å². The SMILES string of the molecule is O=C1NC(=S)S/C1=C1/C(=O)N2CCCc3cccc1c32. The highest BCUT2D eigenvalue weighted by Crippen LogP contribution is 2.45. The Bertz CT molecular complexity index is 724. The van der Waals surface area contributed by atoms with Crippen LogP contribution >= 0.6 is 24.0 Å². The molecule has 3 heterocycles. The van der Waals surface area contributed by atoms with Crippen LogP contribution in [-0.4, -0.2) is 22.7 Å². The summed E-state index contributed by atoms with van der Waals surface area (Å²) >= 11 is 6.19. The number of carbonyl (C=O) groups excluding carboxylic acids is 2. The Morgan fingerprint density at radius 1 is 1.30 bits per heavy atom. The predicted octanol–water partition coefficient (Wildman–Crippen LogP) is 1.84. The predicted molar refractivity (Wildman–Crippen MR) is 82.4 cm³/mol. The fraction of sp³-hybridized carbons (Fsp3) is 0.214. The Balaban J connectivity index is 1.99. The zero-order valence-corrected chi connectivity index (χ0v) is 12.1. The standard InChI is InChI=1S/C14H10N2O2S2/c17-12-11(20-14(19)15-12)9-8-5-1-3-7-4-2-6-16(10(7)8)13(9)18/h1,3,5H,2,4,6H2,(H,15,17,19)/b11-9+. The van der Waals surface area contributed by atoms with Gasteiger partial charge in [-0.3, -0.25) is 9.59 Å². The van der Waals surface area contributed by atoms with Crippen LogP contribution in [0.4, 0.5) is 5.69 Å². The van der Waals surface area contributed by atoms with E-state index in [-0.39, 0.29) is 11.8 Å². The normalized spacial score (nSPS) is 24.2. The van der Waals surface area contributed by atoms with Crippen molar-refractivity contribution in [2.24, 2.45) is 0 Å². The fourth-order valence-corrected chi connectivity index (χ4v) is 4.12. The molecule has 0 unspecified atom stereocenters. The molecule has 0 saturated carbocycles. The van der Waals surface area contributed by atoms with E-state index in [0.717, 1.165) is 30.6 Å². The number of thioether (sulfide) groups is 1. The highest BCUT2D eigenvalue weighted by Gasteiger charge is 2.40. The summed E-state index contributed by atoms with van der Waals surface area (Å²) < 4.78 is 0.413. The number of anilines is 1. The molecule has 0 spiro atoms. The van der Waals surface area contributed by atoms with Gasteiger partial charge in [-0.15, -0.1) is 0 Å². The maximum absolute atomic E-state index is 12.7. The summed E-state index contributed by atoms with van der Waals surface area (Å²) in [5.74, 6) is -0.338. The Hall–Kier alpha value is -1.66. The van der Waals surface area contributed by atoms with E-state index >= 15 is 0 Å². The number of hydrogen-bond donors (Lipinski definition) is 1. The van der Waals surface area contributed by atoms with Crippen LogP contribution in [0.15, 0.2) is 23.1 Å². The van der Waals surface area contributed by atoms with Crippen LogP contribution in [0.25, 0.3) is 5.57 Å². The number of thiocarbonyl (C=S) groups is 1. The quantitative estimate of drug-likeness (QED) is 0.587. The first-order chi connectivity index (χ1) is 9.66. The zero-order valence-electron chi connectivity index (χ0n) is 10.4. The van der Waals surface area contributed by atoms with Crippen molar-refractivity contribution in [1.29, 1.82) is 0 Å². The van der Waals surface area contributed by atoms with Crippen molar-refractivity contribution in [2.75, 3.05) is 11.4 Å². The topological polar surface area (TPSA) is 49.4 Å². The first kappa shape index (κ1) is 12.1. The summed E-state index contributed by atoms with van der Waals surface area (Å²) in [7, 11) is 0. The van der Waals surface area contributed by atoms with Gasteiger partial charge >= 0.3 is 0 Å². The molecule has 3 aliphatic heterocycles. The smallest absolute Gasteiger partial charge is 0.264 e. The summed E-state index contributed by atoms with van der Waals surface area (Å²) in [6, 6.07) is 5.92. The molecule has 1 aromatic carbocycles. The Kier molecular flexibility index (Phi) is 2.52. The van der Waals surface area contributed by atoms with E-state index in [9.17, 15) is 9.59 Å². The van der Waals surface area contributed by atoms with Crippen LogP contribution < -0.4 is 10.2 Å². The van der Waals surface area contributed by atoms with E-state index in [1.165, 1.54) is 17.3 Å². The lowest BCUT2D eigenvalue weighted by Crippen LogP contribution is -2.31. The molecule has 0 aliphatic carbocycles. The molecule has 1 fully saturated rings. The highest BCUT2D eigenvalue weighted by molar-refractivity contribution is 8.27. The van der Waals surface area contributed by atoms with Gasteiger partial charge in [-0.2, -0.15) is 0 Å². The molecule has 1 N–H and O–H groups in total. The van der Waals surface area contributed by atoms with Gasteiger partial charge in [0.15, 0.2) is 0 Å². The molecular weight excluding hydrogens is 292 g/mol. The second-order valence-corrected chi connectivity index (χ2v) is 6.61. The number of hydrogen-bond acceptors (Lipinski definition) is 4. The van der Waals surface area contributed by atoms with Crippen molar-refractivity contribution in [1.82, 2.24) is 5.32 Å². The molecule has 20 heavy (non-hydrogen) atoms. The molecule has 0 atom stereocenters. The number of nitrogens with one attached hydrogen (secondary N) is 1. The maximum atomic E-state index is 12.7. The maximum Gasteiger partial charge on any atom is 0.264 e. The second kappa shape index (κ2) is 4.17. The monoisotopic (exact) mass is 302 g/mol.